The van der Waals surface area contributed by atoms with E-state index in [1.807, 2.05) is 6.07 Å². The molecule has 1 amide bonds. The molecule has 134 valence electrons. The Morgan fingerprint density at radius 3 is 2.65 bits per heavy atom. The molecular weight excluding hydrogens is 352 g/mol. The molecule has 0 aliphatic heterocycles. The number of anilines is 1. The molecule has 0 saturated carbocycles. The van der Waals surface area contributed by atoms with E-state index in [1.54, 1.807) is 48.7 Å². The van der Waals surface area contributed by atoms with Crippen LogP contribution in [0.2, 0.25) is 0 Å². The molecule has 1 N–H and O–H groups in total. The Morgan fingerprint density at radius 2 is 1.96 bits per heavy atom. The van der Waals surface area contributed by atoms with Crippen LogP contribution in [0.1, 0.15) is 28.4 Å². The molecule has 0 aromatic heterocycles. The SMILES string of the molecule is C[C@@H](OC(=O)c1cccc(C[S@@](C)=O)c1)C(=O)Nc1cccc(C#N)c1. The summed E-state index contributed by atoms with van der Waals surface area (Å²) in [5.74, 6) is -0.798. The van der Waals surface area contributed by atoms with E-state index in [0.29, 0.717) is 22.6 Å². The maximum Gasteiger partial charge on any atom is 0.338 e. The number of amides is 1. The molecule has 0 spiro atoms. The van der Waals surface area contributed by atoms with Crippen LogP contribution >= 0.6 is 0 Å². The Labute approximate surface area is 154 Å². The molecule has 7 heteroatoms. The summed E-state index contributed by atoms with van der Waals surface area (Å²) in [6.45, 7) is 1.46. The lowest BCUT2D eigenvalue weighted by Crippen LogP contribution is -2.30. The lowest BCUT2D eigenvalue weighted by Gasteiger charge is -2.14. The van der Waals surface area contributed by atoms with Crippen molar-refractivity contribution in [3.8, 4) is 6.07 Å². The highest BCUT2D eigenvalue weighted by molar-refractivity contribution is 7.83. The van der Waals surface area contributed by atoms with Crippen molar-refractivity contribution < 1.29 is 18.5 Å². The first-order valence-electron chi connectivity index (χ1n) is 7.80. The van der Waals surface area contributed by atoms with Gasteiger partial charge >= 0.3 is 5.97 Å². The number of benzene rings is 2. The zero-order valence-electron chi connectivity index (χ0n) is 14.4. The van der Waals surface area contributed by atoms with Crippen molar-refractivity contribution in [3.63, 3.8) is 0 Å². The molecule has 0 bridgehead atoms. The van der Waals surface area contributed by atoms with Crippen molar-refractivity contribution in [1.82, 2.24) is 0 Å². The number of ether oxygens (including phenoxy) is 1. The Morgan fingerprint density at radius 1 is 1.23 bits per heavy atom. The fourth-order valence-electron chi connectivity index (χ4n) is 2.22. The molecule has 0 heterocycles. The summed E-state index contributed by atoms with van der Waals surface area (Å²) in [5.41, 5.74) is 1.91. The number of rotatable bonds is 6. The zero-order chi connectivity index (χ0) is 19.1. The molecule has 0 unspecified atom stereocenters. The molecule has 0 saturated heterocycles. The summed E-state index contributed by atoms with van der Waals surface area (Å²) in [7, 11) is -1.02. The van der Waals surface area contributed by atoms with Gasteiger partial charge in [-0.3, -0.25) is 9.00 Å². The molecule has 2 rings (SSSR count). The van der Waals surface area contributed by atoms with Crippen molar-refractivity contribution in [2.24, 2.45) is 0 Å². The molecule has 2 aromatic carbocycles. The zero-order valence-corrected chi connectivity index (χ0v) is 15.2. The van der Waals surface area contributed by atoms with Gasteiger partial charge in [-0.1, -0.05) is 18.2 Å². The van der Waals surface area contributed by atoms with Crippen LogP contribution in [0.4, 0.5) is 5.69 Å². The number of esters is 1. The lowest BCUT2D eigenvalue weighted by molar-refractivity contribution is -0.123. The Hall–Kier alpha value is -2.98. The molecule has 0 aliphatic rings. The van der Waals surface area contributed by atoms with E-state index in [-0.39, 0.29) is 0 Å². The third-order valence-electron chi connectivity index (χ3n) is 3.44. The molecule has 0 radical (unpaired) electrons. The van der Waals surface area contributed by atoms with E-state index in [0.717, 1.165) is 5.56 Å². The van der Waals surface area contributed by atoms with Gasteiger partial charge in [0.1, 0.15) is 0 Å². The first-order valence-corrected chi connectivity index (χ1v) is 9.52. The predicted octanol–water partition coefficient (Wildman–Crippen LogP) is 2.62. The van der Waals surface area contributed by atoms with Crippen LogP contribution < -0.4 is 5.32 Å². The van der Waals surface area contributed by atoms with Crippen molar-refractivity contribution in [3.05, 3.63) is 65.2 Å². The second kappa shape index (κ2) is 8.92. The largest absolute Gasteiger partial charge is 0.449 e. The van der Waals surface area contributed by atoms with Crippen LogP contribution in [0.5, 0.6) is 0 Å². The van der Waals surface area contributed by atoms with E-state index < -0.39 is 28.8 Å². The van der Waals surface area contributed by atoms with E-state index in [1.165, 1.54) is 13.0 Å². The van der Waals surface area contributed by atoms with Gasteiger partial charge in [-0.25, -0.2) is 4.79 Å². The lowest BCUT2D eigenvalue weighted by atomic mass is 10.1. The summed E-state index contributed by atoms with van der Waals surface area (Å²) in [6, 6.07) is 15.0. The summed E-state index contributed by atoms with van der Waals surface area (Å²) < 4.78 is 16.5. The van der Waals surface area contributed by atoms with E-state index in [4.69, 9.17) is 10.00 Å². The van der Waals surface area contributed by atoms with Crippen LogP contribution in [0.3, 0.4) is 0 Å². The smallest absolute Gasteiger partial charge is 0.338 e. The van der Waals surface area contributed by atoms with Gasteiger partial charge in [-0.2, -0.15) is 5.26 Å². The highest BCUT2D eigenvalue weighted by Gasteiger charge is 2.19. The fourth-order valence-corrected chi connectivity index (χ4v) is 2.86. The number of hydrogen-bond acceptors (Lipinski definition) is 5. The van der Waals surface area contributed by atoms with Gasteiger partial charge in [-0.15, -0.1) is 0 Å². The van der Waals surface area contributed by atoms with Crippen molar-refractivity contribution >= 4 is 28.4 Å². The summed E-state index contributed by atoms with van der Waals surface area (Å²) in [4.78, 5) is 24.4. The third-order valence-corrected chi connectivity index (χ3v) is 4.18. The number of nitrogens with one attached hydrogen (secondary N) is 1. The highest BCUT2D eigenvalue weighted by atomic mass is 32.2. The number of hydrogen-bond donors (Lipinski definition) is 1. The van der Waals surface area contributed by atoms with Gasteiger partial charge in [0.2, 0.25) is 0 Å². The van der Waals surface area contributed by atoms with Crippen LogP contribution in [0, 0.1) is 11.3 Å². The van der Waals surface area contributed by atoms with Crippen LogP contribution in [-0.4, -0.2) is 28.4 Å². The number of nitriles is 1. The number of carbonyl (C=O) groups excluding carboxylic acids is 2. The fraction of sp³-hybridized carbons (Fsp3) is 0.211. The van der Waals surface area contributed by atoms with E-state index in [9.17, 15) is 13.8 Å². The third kappa shape index (κ3) is 5.53. The predicted molar refractivity (Wildman–Crippen MR) is 98.9 cm³/mol. The molecular formula is C19H18N2O4S. The van der Waals surface area contributed by atoms with Gasteiger partial charge < -0.3 is 10.1 Å². The van der Waals surface area contributed by atoms with Gasteiger partial charge in [0.15, 0.2) is 6.10 Å². The Bertz CT molecular complexity index is 889. The number of carbonyl (C=O) groups is 2. The average Bonchev–Trinajstić information content (AvgIpc) is 2.61. The summed E-state index contributed by atoms with van der Waals surface area (Å²) >= 11 is 0. The normalized spacial score (nSPS) is 12.5. The molecule has 26 heavy (non-hydrogen) atoms. The maximum absolute atomic E-state index is 12.2. The summed E-state index contributed by atoms with van der Waals surface area (Å²) in [6.07, 6.45) is 0.566. The second-order valence-corrected chi connectivity index (χ2v) is 7.08. The molecule has 2 atom stereocenters. The monoisotopic (exact) mass is 370 g/mol. The maximum atomic E-state index is 12.2. The van der Waals surface area contributed by atoms with E-state index >= 15 is 0 Å². The minimum Gasteiger partial charge on any atom is -0.449 e. The van der Waals surface area contributed by atoms with Gasteiger partial charge in [0, 0.05) is 28.5 Å². The van der Waals surface area contributed by atoms with Crippen molar-refractivity contribution in [1.29, 1.82) is 5.26 Å². The van der Waals surface area contributed by atoms with Crippen LogP contribution in [-0.2, 0) is 26.1 Å². The van der Waals surface area contributed by atoms with Crippen LogP contribution in [0.25, 0.3) is 0 Å². The number of nitrogens with zero attached hydrogens (tertiary/aromatic N) is 1. The second-order valence-electron chi connectivity index (χ2n) is 5.65. The van der Waals surface area contributed by atoms with Crippen molar-refractivity contribution in [2.45, 2.75) is 18.8 Å². The molecule has 6 nitrogen and oxygen atoms in total. The first-order chi connectivity index (χ1) is 12.4. The minimum absolute atomic E-state index is 0.291. The minimum atomic E-state index is -1.02. The molecule has 2 aromatic rings. The van der Waals surface area contributed by atoms with Gasteiger partial charge in [-0.05, 0) is 42.8 Å². The molecule has 0 fully saturated rings. The average molecular weight is 370 g/mol. The quantitative estimate of drug-likeness (QED) is 0.789. The van der Waals surface area contributed by atoms with E-state index in [2.05, 4.69) is 5.32 Å². The topological polar surface area (TPSA) is 96.3 Å². The highest BCUT2D eigenvalue weighted by Crippen LogP contribution is 2.13. The molecule has 0 aliphatic carbocycles. The van der Waals surface area contributed by atoms with Crippen molar-refractivity contribution in [2.75, 3.05) is 11.6 Å². The Kier molecular flexibility index (Phi) is 6.64. The van der Waals surface area contributed by atoms with Gasteiger partial charge in [0.05, 0.1) is 17.2 Å². The Balaban J connectivity index is 2.00. The van der Waals surface area contributed by atoms with Crippen LogP contribution in [0.15, 0.2) is 48.5 Å². The van der Waals surface area contributed by atoms with Gasteiger partial charge in [0.25, 0.3) is 5.91 Å². The summed E-state index contributed by atoms with van der Waals surface area (Å²) in [5, 5.41) is 11.5. The first kappa shape index (κ1) is 19.3. The standard InChI is InChI=1S/C19H18N2O4S/c1-13(18(22)21-17-8-4-5-14(10-17)11-20)25-19(23)16-7-3-6-15(9-16)12-26(2)24/h3-10,13H,12H2,1-2H3,(H,21,22)/t13-,26-/m1/s1.